The Morgan fingerprint density at radius 2 is 1.97 bits per heavy atom. The van der Waals surface area contributed by atoms with Gasteiger partial charge in [0.2, 0.25) is 11.9 Å². The van der Waals surface area contributed by atoms with Crippen molar-refractivity contribution in [2.24, 2.45) is 11.8 Å². The molecule has 2 fully saturated rings. The van der Waals surface area contributed by atoms with Gasteiger partial charge in [0.05, 0.1) is 11.7 Å². The third kappa shape index (κ3) is 3.02. The highest BCUT2D eigenvalue weighted by Crippen LogP contribution is 2.54. The minimum absolute atomic E-state index is 0.0339. The molecule has 8 nitrogen and oxygen atoms in total. The molecular formula is C24H23N7O. The van der Waals surface area contributed by atoms with Gasteiger partial charge in [0.25, 0.3) is 0 Å². The fourth-order valence-electron chi connectivity index (χ4n) is 4.97. The summed E-state index contributed by atoms with van der Waals surface area (Å²) in [4.78, 5) is 28.7. The zero-order valence-electron chi connectivity index (χ0n) is 17.9. The van der Waals surface area contributed by atoms with Crippen LogP contribution in [0, 0.1) is 18.8 Å². The Morgan fingerprint density at radius 3 is 2.81 bits per heavy atom. The predicted molar refractivity (Wildman–Crippen MR) is 121 cm³/mol. The lowest BCUT2D eigenvalue weighted by atomic mass is 10.1. The number of benzene rings is 1. The molecule has 4 atom stereocenters. The summed E-state index contributed by atoms with van der Waals surface area (Å²) in [6, 6.07) is 11.6. The van der Waals surface area contributed by atoms with Crippen LogP contribution in [-0.4, -0.2) is 42.6 Å². The summed E-state index contributed by atoms with van der Waals surface area (Å²) in [7, 11) is 0. The SMILES string of the molecule is Cc1ccc(NC(=O)[C@H]2CC3C(C)C3N2c2ncccn2)cc1-c1ncc2cccn2n1. The molecule has 3 aromatic heterocycles. The van der Waals surface area contributed by atoms with Crippen molar-refractivity contribution in [2.45, 2.75) is 32.4 Å². The smallest absolute Gasteiger partial charge is 0.247 e. The van der Waals surface area contributed by atoms with Crippen molar-refractivity contribution >= 4 is 23.1 Å². The summed E-state index contributed by atoms with van der Waals surface area (Å²) in [5, 5.41) is 7.72. The van der Waals surface area contributed by atoms with Gasteiger partial charge in [0, 0.05) is 35.9 Å². The van der Waals surface area contributed by atoms with Crippen LogP contribution in [0.1, 0.15) is 18.9 Å². The lowest BCUT2D eigenvalue weighted by Crippen LogP contribution is -2.44. The molecule has 1 N–H and O–H groups in total. The van der Waals surface area contributed by atoms with Crippen LogP contribution in [0.5, 0.6) is 0 Å². The number of anilines is 2. The summed E-state index contributed by atoms with van der Waals surface area (Å²) < 4.78 is 1.80. The number of aryl methyl sites for hydroxylation is 1. The Hall–Kier alpha value is -3.81. The lowest BCUT2D eigenvalue weighted by Gasteiger charge is -2.27. The zero-order valence-corrected chi connectivity index (χ0v) is 17.9. The molecule has 8 heteroatoms. The van der Waals surface area contributed by atoms with Crippen LogP contribution >= 0.6 is 0 Å². The summed E-state index contributed by atoms with van der Waals surface area (Å²) in [6.45, 7) is 4.25. The monoisotopic (exact) mass is 425 g/mol. The topological polar surface area (TPSA) is 88.3 Å². The van der Waals surface area contributed by atoms with Gasteiger partial charge in [-0.25, -0.2) is 19.5 Å². The molecule has 160 valence electrons. The van der Waals surface area contributed by atoms with Gasteiger partial charge in [0.15, 0.2) is 5.82 Å². The second-order valence-electron chi connectivity index (χ2n) is 8.70. The molecule has 0 radical (unpaired) electrons. The van der Waals surface area contributed by atoms with Crippen LogP contribution in [0.25, 0.3) is 16.9 Å². The van der Waals surface area contributed by atoms with Crippen molar-refractivity contribution in [3.8, 4) is 11.4 Å². The minimum atomic E-state index is -0.277. The summed E-state index contributed by atoms with van der Waals surface area (Å²) in [6.07, 6.45) is 7.98. The highest BCUT2D eigenvalue weighted by Gasteiger charge is 2.60. The van der Waals surface area contributed by atoms with E-state index in [1.165, 1.54) is 0 Å². The molecule has 6 rings (SSSR count). The quantitative estimate of drug-likeness (QED) is 0.540. The molecule has 32 heavy (non-hydrogen) atoms. The van der Waals surface area contributed by atoms with Crippen LogP contribution in [0.3, 0.4) is 0 Å². The zero-order chi connectivity index (χ0) is 21.8. The van der Waals surface area contributed by atoms with Crippen molar-refractivity contribution in [3.63, 3.8) is 0 Å². The minimum Gasteiger partial charge on any atom is -0.325 e. The number of hydrogen-bond donors (Lipinski definition) is 1. The van der Waals surface area contributed by atoms with Crippen LogP contribution in [-0.2, 0) is 4.79 Å². The van der Waals surface area contributed by atoms with Crippen molar-refractivity contribution in [1.29, 1.82) is 0 Å². The molecular weight excluding hydrogens is 402 g/mol. The highest BCUT2D eigenvalue weighted by atomic mass is 16.2. The van der Waals surface area contributed by atoms with E-state index in [4.69, 9.17) is 0 Å². The van der Waals surface area contributed by atoms with Gasteiger partial charge < -0.3 is 10.2 Å². The lowest BCUT2D eigenvalue weighted by molar-refractivity contribution is -0.117. The third-order valence-electron chi connectivity index (χ3n) is 6.78. The molecule has 1 aliphatic carbocycles. The van der Waals surface area contributed by atoms with E-state index >= 15 is 0 Å². The van der Waals surface area contributed by atoms with E-state index in [1.54, 1.807) is 29.2 Å². The van der Waals surface area contributed by atoms with E-state index < -0.39 is 0 Å². The highest BCUT2D eigenvalue weighted by molar-refractivity contribution is 5.98. The molecule has 2 aliphatic rings. The molecule has 0 spiro atoms. The number of carbonyl (C=O) groups is 1. The first-order chi connectivity index (χ1) is 15.6. The van der Waals surface area contributed by atoms with Gasteiger partial charge in [-0.3, -0.25) is 4.79 Å². The van der Waals surface area contributed by atoms with Crippen molar-refractivity contribution in [1.82, 2.24) is 24.6 Å². The van der Waals surface area contributed by atoms with Gasteiger partial charge in [0.1, 0.15) is 6.04 Å². The molecule has 1 saturated heterocycles. The number of hydrogen-bond acceptors (Lipinski definition) is 6. The maximum Gasteiger partial charge on any atom is 0.247 e. The second kappa shape index (κ2) is 7.12. The molecule has 4 heterocycles. The average molecular weight is 425 g/mol. The van der Waals surface area contributed by atoms with E-state index in [0.717, 1.165) is 28.8 Å². The Bertz CT molecular complexity index is 1320. The van der Waals surface area contributed by atoms with E-state index in [9.17, 15) is 4.79 Å². The standard InChI is InChI=1S/C24H23N7O/c1-14-6-7-16(11-18(14)22-27-13-17-5-3-10-30(17)29-22)28-23(32)20-12-19-15(2)21(19)31(20)24-25-8-4-9-26-24/h3-11,13,15,19-21H,12H2,1-2H3,(H,28,32)/t15?,19?,20-,21?/m1/s1. The number of aromatic nitrogens is 5. The Balaban J connectivity index is 1.27. The molecule has 4 aromatic rings. The van der Waals surface area contributed by atoms with Gasteiger partial charge in [-0.2, -0.15) is 0 Å². The molecule has 1 saturated carbocycles. The van der Waals surface area contributed by atoms with Crippen LogP contribution < -0.4 is 10.2 Å². The number of rotatable bonds is 4. The maximum atomic E-state index is 13.3. The summed E-state index contributed by atoms with van der Waals surface area (Å²) >= 11 is 0. The molecule has 0 bridgehead atoms. The number of fused-ring (bicyclic) bond motifs is 2. The number of nitrogens with one attached hydrogen (secondary N) is 1. The van der Waals surface area contributed by atoms with Crippen LogP contribution in [0.15, 0.2) is 61.2 Å². The molecule has 1 amide bonds. The number of nitrogens with zero attached hydrogens (tertiary/aromatic N) is 6. The molecule has 3 unspecified atom stereocenters. The van der Waals surface area contributed by atoms with Crippen LogP contribution in [0.2, 0.25) is 0 Å². The van der Waals surface area contributed by atoms with E-state index in [2.05, 4.69) is 37.2 Å². The Morgan fingerprint density at radius 1 is 1.12 bits per heavy atom. The number of piperidine rings is 1. The Labute approximate surface area is 185 Å². The number of amides is 1. The summed E-state index contributed by atoms with van der Waals surface area (Å²) in [5.74, 6) is 2.30. The fraction of sp³-hybridized carbons (Fsp3) is 0.292. The van der Waals surface area contributed by atoms with Gasteiger partial charge in [-0.1, -0.05) is 13.0 Å². The van der Waals surface area contributed by atoms with Crippen molar-refractivity contribution in [3.05, 3.63) is 66.7 Å². The summed E-state index contributed by atoms with van der Waals surface area (Å²) in [5.41, 5.74) is 3.61. The maximum absolute atomic E-state index is 13.3. The largest absolute Gasteiger partial charge is 0.325 e. The third-order valence-corrected chi connectivity index (χ3v) is 6.78. The fourth-order valence-corrected chi connectivity index (χ4v) is 4.97. The van der Waals surface area contributed by atoms with Gasteiger partial charge >= 0.3 is 0 Å². The van der Waals surface area contributed by atoms with Gasteiger partial charge in [-0.15, -0.1) is 5.10 Å². The Kier molecular flexibility index (Phi) is 4.21. The van der Waals surface area contributed by atoms with E-state index in [0.29, 0.717) is 29.7 Å². The first kappa shape index (κ1) is 18.9. The second-order valence-corrected chi connectivity index (χ2v) is 8.70. The predicted octanol–water partition coefficient (Wildman–Crippen LogP) is 3.35. The van der Waals surface area contributed by atoms with E-state index in [-0.39, 0.29) is 11.9 Å². The normalized spacial score (nSPS) is 23.9. The first-order valence-corrected chi connectivity index (χ1v) is 10.9. The first-order valence-electron chi connectivity index (χ1n) is 10.9. The van der Waals surface area contributed by atoms with Crippen molar-refractivity contribution < 1.29 is 4.79 Å². The van der Waals surface area contributed by atoms with Gasteiger partial charge in [-0.05, 0) is 61.1 Å². The van der Waals surface area contributed by atoms with Crippen molar-refractivity contribution in [2.75, 3.05) is 10.2 Å². The molecule has 1 aromatic carbocycles. The average Bonchev–Trinajstić information content (AvgIpc) is 3.17. The van der Waals surface area contributed by atoms with Crippen LogP contribution in [0.4, 0.5) is 11.6 Å². The molecule has 1 aliphatic heterocycles. The van der Waals surface area contributed by atoms with E-state index in [1.807, 2.05) is 43.5 Å². The number of carbonyl (C=O) groups excluding carboxylic acids is 1.